The lowest BCUT2D eigenvalue weighted by molar-refractivity contribution is -0.117. The maximum absolute atomic E-state index is 11.8. The Balaban J connectivity index is 1.94. The van der Waals surface area contributed by atoms with E-state index < -0.39 is 11.8 Å². The number of carbonyl (C=O) groups excluding carboxylic acids is 2. The van der Waals surface area contributed by atoms with Crippen molar-refractivity contribution < 1.29 is 14.1 Å². The highest BCUT2D eigenvalue weighted by Crippen LogP contribution is 2.19. The second-order valence-corrected chi connectivity index (χ2v) is 4.27. The van der Waals surface area contributed by atoms with Crippen LogP contribution in [0, 0.1) is 0 Å². The fourth-order valence-electron chi connectivity index (χ4n) is 1.60. The first-order valence-electron chi connectivity index (χ1n) is 6.62. The summed E-state index contributed by atoms with van der Waals surface area (Å²) in [6, 6.07) is 10.8. The molecule has 0 atom stereocenters. The van der Waals surface area contributed by atoms with Crippen LogP contribution in [-0.2, 0) is 4.79 Å². The zero-order chi connectivity index (χ0) is 15.8. The molecule has 2 amide bonds. The summed E-state index contributed by atoms with van der Waals surface area (Å²) in [5, 5.41) is 3.68. The molecule has 0 aliphatic carbocycles. The Hall–Kier alpha value is -3.15. The smallest absolute Gasteiger partial charge is 0.291 e. The summed E-state index contributed by atoms with van der Waals surface area (Å²) in [6.07, 6.45) is 6.33. The molecule has 0 aliphatic rings. The van der Waals surface area contributed by atoms with Crippen LogP contribution in [0.2, 0.25) is 0 Å². The van der Waals surface area contributed by atoms with Crippen molar-refractivity contribution in [2.75, 3.05) is 0 Å². The predicted octanol–water partition coefficient (Wildman–Crippen LogP) is 2.23. The molecule has 112 valence electrons. The van der Waals surface area contributed by atoms with E-state index in [0.717, 1.165) is 5.56 Å². The molecule has 0 saturated carbocycles. The number of carbonyl (C=O) groups is 2. The van der Waals surface area contributed by atoms with E-state index in [1.54, 1.807) is 18.2 Å². The topological polar surface area (TPSA) is 84.2 Å². The number of hydrazine groups is 1. The van der Waals surface area contributed by atoms with Crippen molar-refractivity contribution in [1.82, 2.24) is 16.0 Å². The molecule has 1 aromatic heterocycles. The lowest BCUT2D eigenvalue weighted by Crippen LogP contribution is -2.40. The van der Waals surface area contributed by atoms with Crippen molar-refractivity contribution in [2.24, 2.45) is 0 Å². The molecule has 6 nitrogen and oxygen atoms in total. The lowest BCUT2D eigenvalue weighted by Gasteiger charge is -2.01. The summed E-state index contributed by atoms with van der Waals surface area (Å²) in [4.78, 5) is 23.2. The molecule has 0 spiro atoms. The number of aromatic nitrogens is 1. The number of amides is 2. The van der Waals surface area contributed by atoms with Crippen LogP contribution in [0.1, 0.15) is 17.4 Å². The number of hydrogen-bond acceptors (Lipinski definition) is 4. The second-order valence-electron chi connectivity index (χ2n) is 4.27. The van der Waals surface area contributed by atoms with Gasteiger partial charge in [0.05, 0.1) is 0 Å². The SMILES string of the molecule is CC=CC=CC(=O)NNC(=O)c1cc(-c2ccccc2)on1. The van der Waals surface area contributed by atoms with Gasteiger partial charge in [0, 0.05) is 17.7 Å². The Morgan fingerprint density at radius 3 is 2.64 bits per heavy atom. The molecule has 1 aromatic carbocycles. The van der Waals surface area contributed by atoms with Gasteiger partial charge in [-0.1, -0.05) is 53.7 Å². The van der Waals surface area contributed by atoms with Gasteiger partial charge in [-0.3, -0.25) is 20.4 Å². The normalized spacial score (nSPS) is 11.0. The molecule has 0 fully saturated rings. The molecule has 0 unspecified atom stereocenters. The van der Waals surface area contributed by atoms with Gasteiger partial charge in [-0.25, -0.2) is 0 Å². The van der Waals surface area contributed by atoms with Crippen molar-refractivity contribution in [3.63, 3.8) is 0 Å². The summed E-state index contributed by atoms with van der Waals surface area (Å²) in [5.74, 6) is -0.526. The van der Waals surface area contributed by atoms with Crippen molar-refractivity contribution in [2.45, 2.75) is 6.92 Å². The summed E-state index contributed by atoms with van der Waals surface area (Å²) < 4.78 is 5.11. The van der Waals surface area contributed by atoms with Crippen LogP contribution in [0.25, 0.3) is 11.3 Å². The van der Waals surface area contributed by atoms with E-state index in [1.165, 1.54) is 12.1 Å². The van der Waals surface area contributed by atoms with Crippen LogP contribution in [0.3, 0.4) is 0 Å². The van der Waals surface area contributed by atoms with Gasteiger partial charge in [-0.15, -0.1) is 0 Å². The predicted molar refractivity (Wildman–Crippen MR) is 81.5 cm³/mol. The molecule has 0 aliphatic heterocycles. The summed E-state index contributed by atoms with van der Waals surface area (Å²) in [5.41, 5.74) is 5.39. The van der Waals surface area contributed by atoms with E-state index in [-0.39, 0.29) is 5.69 Å². The van der Waals surface area contributed by atoms with Gasteiger partial charge in [-0.05, 0) is 6.92 Å². The molecule has 22 heavy (non-hydrogen) atoms. The van der Waals surface area contributed by atoms with Gasteiger partial charge in [0.25, 0.3) is 11.8 Å². The molecule has 2 rings (SSSR count). The van der Waals surface area contributed by atoms with E-state index in [1.807, 2.05) is 37.3 Å². The molecular formula is C16H15N3O3. The van der Waals surface area contributed by atoms with E-state index >= 15 is 0 Å². The number of hydrogen-bond donors (Lipinski definition) is 2. The first-order valence-corrected chi connectivity index (χ1v) is 6.62. The third-order valence-corrected chi connectivity index (χ3v) is 2.65. The highest BCUT2D eigenvalue weighted by atomic mass is 16.5. The van der Waals surface area contributed by atoms with Gasteiger partial charge < -0.3 is 4.52 Å². The second kappa shape index (κ2) is 7.58. The first-order chi connectivity index (χ1) is 10.7. The Kier molecular flexibility index (Phi) is 5.25. The third kappa shape index (κ3) is 4.17. The van der Waals surface area contributed by atoms with Gasteiger partial charge in [0.2, 0.25) is 0 Å². The Labute approximate surface area is 127 Å². The van der Waals surface area contributed by atoms with Crippen molar-refractivity contribution in [1.29, 1.82) is 0 Å². The summed E-state index contributed by atoms with van der Waals surface area (Å²) in [7, 11) is 0. The lowest BCUT2D eigenvalue weighted by atomic mass is 10.1. The van der Waals surface area contributed by atoms with Crippen LogP contribution in [-0.4, -0.2) is 17.0 Å². The summed E-state index contributed by atoms with van der Waals surface area (Å²) in [6.45, 7) is 1.83. The molecule has 0 bridgehead atoms. The highest BCUT2D eigenvalue weighted by molar-refractivity contribution is 5.96. The zero-order valence-corrected chi connectivity index (χ0v) is 11.9. The Bertz CT molecular complexity index is 702. The van der Waals surface area contributed by atoms with E-state index in [4.69, 9.17) is 4.52 Å². The maximum Gasteiger partial charge on any atom is 0.291 e. The average Bonchev–Trinajstić information content (AvgIpc) is 3.04. The number of nitrogens with one attached hydrogen (secondary N) is 2. The number of benzene rings is 1. The van der Waals surface area contributed by atoms with Crippen LogP contribution in [0.4, 0.5) is 0 Å². The molecular weight excluding hydrogens is 282 g/mol. The first kappa shape index (κ1) is 15.2. The Morgan fingerprint density at radius 2 is 1.91 bits per heavy atom. The van der Waals surface area contributed by atoms with E-state index in [0.29, 0.717) is 5.76 Å². The quantitative estimate of drug-likeness (QED) is 0.515. The molecule has 2 aromatic rings. The minimum absolute atomic E-state index is 0.0802. The summed E-state index contributed by atoms with van der Waals surface area (Å²) >= 11 is 0. The van der Waals surface area contributed by atoms with Crippen LogP contribution < -0.4 is 10.9 Å². The Morgan fingerprint density at radius 1 is 1.14 bits per heavy atom. The molecule has 6 heteroatoms. The van der Waals surface area contributed by atoms with Gasteiger partial charge >= 0.3 is 0 Å². The van der Waals surface area contributed by atoms with Crippen LogP contribution in [0.15, 0.2) is 65.2 Å². The standard InChI is InChI=1S/C16H15N3O3/c1-2-3-5-10-15(20)17-18-16(21)13-11-14(22-19-13)12-8-6-4-7-9-12/h2-11H,1H3,(H,17,20)(H,18,21). The largest absolute Gasteiger partial charge is 0.355 e. The molecule has 1 heterocycles. The monoisotopic (exact) mass is 297 g/mol. The van der Waals surface area contributed by atoms with Crippen LogP contribution in [0.5, 0.6) is 0 Å². The van der Waals surface area contributed by atoms with E-state index in [2.05, 4.69) is 16.0 Å². The minimum Gasteiger partial charge on any atom is -0.355 e. The fraction of sp³-hybridized carbons (Fsp3) is 0.0625. The highest BCUT2D eigenvalue weighted by Gasteiger charge is 2.13. The van der Waals surface area contributed by atoms with Crippen molar-refractivity contribution in [3.8, 4) is 11.3 Å². The number of allylic oxidation sites excluding steroid dienone is 3. The zero-order valence-electron chi connectivity index (χ0n) is 11.9. The van der Waals surface area contributed by atoms with Crippen molar-refractivity contribution >= 4 is 11.8 Å². The number of rotatable bonds is 4. The fourth-order valence-corrected chi connectivity index (χ4v) is 1.60. The van der Waals surface area contributed by atoms with E-state index in [9.17, 15) is 9.59 Å². The molecule has 0 saturated heterocycles. The minimum atomic E-state index is -0.557. The van der Waals surface area contributed by atoms with Crippen LogP contribution >= 0.6 is 0 Å². The maximum atomic E-state index is 11.8. The van der Waals surface area contributed by atoms with Gasteiger partial charge in [-0.2, -0.15) is 0 Å². The third-order valence-electron chi connectivity index (χ3n) is 2.65. The number of nitrogens with zero attached hydrogens (tertiary/aromatic N) is 1. The van der Waals surface area contributed by atoms with Gasteiger partial charge in [0.15, 0.2) is 11.5 Å². The molecule has 2 N–H and O–H groups in total. The average molecular weight is 297 g/mol. The van der Waals surface area contributed by atoms with Crippen molar-refractivity contribution in [3.05, 3.63) is 66.4 Å². The molecule has 0 radical (unpaired) electrons. The van der Waals surface area contributed by atoms with Gasteiger partial charge in [0.1, 0.15) is 0 Å².